The van der Waals surface area contributed by atoms with E-state index in [1.54, 1.807) is 6.07 Å². The molecule has 0 saturated carbocycles. The summed E-state index contributed by atoms with van der Waals surface area (Å²) >= 11 is 0. The van der Waals surface area contributed by atoms with Crippen LogP contribution in [-0.4, -0.2) is 34.5 Å². The molecule has 1 heterocycles. The molecule has 1 aliphatic heterocycles. The first-order chi connectivity index (χ1) is 9.82. The average molecular weight is 294 g/mol. The minimum atomic E-state index is -0.674. The molecule has 21 heavy (non-hydrogen) atoms. The molecule has 0 aliphatic carbocycles. The van der Waals surface area contributed by atoms with Gasteiger partial charge in [0.1, 0.15) is 0 Å². The third kappa shape index (κ3) is 3.35. The highest BCUT2D eigenvalue weighted by Crippen LogP contribution is 2.24. The van der Waals surface area contributed by atoms with Crippen molar-refractivity contribution in [3.63, 3.8) is 0 Å². The molecule has 1 aromatic carbocycles. The first-order valence-electron chi connectivity index (χ1n) is 7.37. The molecule has 4 nitrogen and oxygen atoms in total. The first-order valence-corrected chi connectivity index (χ1v) is 7.37. The Morgan fingerprint density at radius 3 is 2.57 bits per heavy atom. The lowest BCUT2D eigenvalue weighted by Crippen LogP contribution is -2.54. The van der Waals surface area contributed by atoms with Crippen molar-refractivity contribution >= 4 is 5.91 Å². The van der Waals surface area contributed by atoms with Gasteiger partial charge in [-0.2, -0.15) is 0 Å². The van der Waals surface area contributed by atoms with E-state index < -0.39 is 11.4 Å². The number of likely N-dealkylation sites (tertiary alicyclic amines) is 1. The Hall–Kier alpha value is -1.62. The second-order valence-electron chi connectivity index (χ2n) is 6.16. The van der Waals surface area contributed by atoms with Gasteiger partial charge in [-0.1, -0.05) is 6.07 Å². The molecule has 0 spiro atoms. The average Bonchev–Trinajstić information content (AvgIpc) is 2.96. The first kappa shape index (κ1) is 15.8. The van der Waals surface area contributed by atoms with Gasteiger partial charge in [0.25, 0.3) is 0 Å². The van der Waals surface area contributed by atoms with Crippen molar-refractivity contribution in [2.24, 2.45) is 0 Å². The fourth-order valence-corrected chi connectivity index (χ4v) is 2.67. The Morgan fingerprint density at radius 2 is 2.00 bits per heavy atom. The van der Waals surface area contributed by atoms with Gasteiger partial charge in [-0.25, -0.2) is 4.39 Å². The van der Waals surface area contributed by atoms with E-state index in [0.717, 1.165) is 25.9 Å². The topological polar surface area (TPSA) is 52.6 Å². The number of hydrogen-bond acceptors (Lipinski definition) is 3. The summed E-state index contributed by atoms with van der Waals surface area (Å²) < 4.78 is 13.4. The van der Waals surface area contributed by atoms with Crippen molar-refractivity contribution < 1.29 is 14.3 Å². The lowest BCUT2D eigenvalue weighted by molar-refractivity contribution is -0.131. The normalized spacial score (nSPS) is 17.7. The summed E-state index contributed by atoms with van der Waals surface area (Å²) in [4.78, 5) is 14.7. The molecule has 1 saturated heterocycles. The van der Waals surface area contributed by atoms with Crippen LogP contribution in [-0.2, 0) is 4.79 Å². The van der Waals surface area contributed by atoms with Crippen LogP contribution in [0.2, 0.25) is 0 Å². The summed E-state index contributed by atoms with van der Waals surface area (Å²) in [5.74, 6) is -1.12. The number of carbonyl (C=O) groups excluding carboxylic acids is 1. The molecular formula is C16H23FN2O2. The SMILES string of the molecule is CC(NC(=O)C(C)(C)N1CCCC1)c1ccc(O)c(F)c1. The van der Waals surface area contributed by atoms with Gasteiger partial charge in [-0.05, 0) is 64.4 Å². The fraction of sp³-hybridized carbons (Fsp3) is 0.562. The maximum Gasteiger partial charge on any atom is 0.240 e. The lowest BCUT2D eigenvalue weighted by atomic mass is 10.0. The molecule has 1 fully saturated rings. The van der Waals surface area contributed by atoms with Crippen molar-refractivity contribution in [1.82, 2.24) is 10.2 Å². The summed E-state index contributed by atoms with van der Waals surface area (Å²) in [6.07, 6.45) is 2.24. The van der Waals surface area contributed by atoms with Crippen LogP contribution in [0.3, 0.4) is 0 Å². The summed E-state index contributed by atoms with van der Waals surface area (Å²) in [6.45, 7) is 7.50. The van der Waals surface area contributed by atoms with Gasteiger partial charge in [0, 0.05) is 0 Å². The predicted molar refractivity (Wildman–Crippen MR) is 79.5 cm³/mol. The number of benzene rings is 1. The van der Waals surface area contributed by atoms with Gasteiger partial charge in [-0.3, -0.25) is 9.69 Å². The van der Waals surface area contributed by atoms with Crippen LogP contribution in [0, 0.1) is 5.82 Å². The molecule has 2 rings (SSSR count). The van der Waals surface area contributed by atoms with Crippen LogP contribution in [0.25, 0.3) is 0 Å². The molecule has 5 heteroatoms. The van der Waals surface area contributed by atoms with E-state index in [9.17, 15) is 14.3 Å². The number of nitrogens with one attached hydrogen (secondary N) is 1. The van der Waals surface area contributed by atoms with E-state index >= 15 is 0 Å². The number of phenols is 1. The molecule has 1 amide bonds. The zero-order valence-electron chi connectivity index (χ0n) is 12.8. The summed E-state index contributed by atoms with van der Waals surface area (Å²) in [6, 6.07) is 3.86. The highest BCUT2D eigenvalue weighted by molar-refractivity contribution is 5.85. The third-order valence-corrected chi connectivity index (χ3v) is 4.27. The number of rotatable bonds is 4. The minimum Gasteiger partial charge on any atom is -0.505 e. The van der Waals surface area contributed by atoms with E-state index in [4.69, 9.17) is 0 Å². The van der Waals surface area contributed by atoms with E-state index in [1.807, 2.05) is 20.8 Å². The maximum absolute atomic E-state index is 13.4. The minimum absolute atomic E-state index is 0.0645. The summed E-state index contributed by atoms with van der Waals surface area (Å²) in [5.41, 5.74) is 0.0658. The second-order valence-corrected chi connectivity index (χ2v) is 6.16. The monoisotopic (exact) mass is 294 g/mol. The van der Waals surface area contributed by atoms with Crippen LogP contribution < -0.4 is 5.32 Å². The standard InChI is InChI=1S/C16H23FN2O2/c1-11(12-6-7-14(20)13(17)10-12)18-15(21)16(2,3)19-8-4-5-9-19/h6-7,10-11,20H,4-5,8-9H2,1-3H3,(H,18,21). The molecular weight excluding hydrogens is 271 g/mol. The van der Waals surface area contributed by atoms with Crippen LogP contribution in [0.1, 0.15) is 45.2 Å². The lowest BCUT2D eigenvalue weighted by Gasteiger charge is -2.34. The predicted octanol–water partition coefficient (Wildman–Crippen LogP) is 2.58. The smallest absolute Gasteiger partial charge is 0.240 e. The molecule has 0 radical (unpaired) electrons. The highest BCUT2D eigenvalue weighted by atomic mass is 19.1. The molecule has 0 bridgehead atoms. The molecule has 1 atom stereocenters. The van der Waals surface area contributed by atoms with Gasteiger partial charge in [0.2, 0.25) is 5.91 Å². The highest BCUT2D eigenvalue weighted by Gasteiger charge is 2.36. The molecule has 116 valence electrons. The number of aromatic hydroxyl groups is 1. The number of amides is 1. The number of carbonyl (C=O) groups is 1. The Labute approximate surface area is 125 Å². The zero-order valence-corrected chi connectivity index (χ0v) is 12.8. The molecule has 1 unspecified atom stereocenters. The van der Waals surface area contributed by atoms with E-state index in [0.29, 0.717) is 5.56 Å². The van der Waals surface area contributed by atoms with Gasteiger partial charge in [0.05, 0.1) is 11.6 Å². The second kappa shape index (κ2) is 6.02. The van der Waals surface area contributed by atoms with Crippen molar-refractivity contribution in [3.8, 4) is 5.75 Å². The van der Waals surface area contributed by atoms with Crippen molar-refractivity contribution in [2.75, 3.05) is 13.1 Å². The van der Waals surface area contributed by atoms with E-state index in [-0.39, 0.29) is 17.7 Å². The van der Waals surface area contributed by atoms with Crippen LogP contribution in [0.15, 0.2) is 18.2 Å². The Bertz CT molecular complexity index is 525. The van der Waals surface area contributed by atoms with Gasteiger partial charge in [0.15, 0.2) is 11.6 Å². The fourth-order valence-electron chi connectivity index (χ4n) is 2.67. The van der Waals surface area contributed by atoms with Gasteiger partial charge in [-0.15, -0.1) is 0 Å². The molecule has 1 aromatic rings. The Kier molecular flexibility index (Phi) is 4.52. The third-order valence-electron chi connectivity index (χ3n) is 4.27. The molecule has 2 N–H and O–H groups in total. The van der Waals surface area contributed by atoms with E-state index in [1.165, 1.54) is 12.1 Å². The maximum atomic E-state index is 13.4. The summed E-state index contributed by atoms with van der Waals surface area (Å²) in [5, 5.41) is 12.1. The van der Waals surface area contributed by atoms with Gasteiger partial charge < -0.3 is 10.4 Å². The zero-order chi connectivity index (χ0) is 15.6. The number of nitrogens with zero attached hydrogens (tertiary/aromatic N) is 1. The number of hydrogen-bond donors (Lipinski definition) is 2. The molecule has 1 aliphatic rings. The quantitative estimate of drug-likeness (QED) is 0.897. The Balaban J connectivity index is 2.05. The number of halogens is 1. The van der Waals surface area contributed by atoms with Crippen LogP contribution in [0.5, 0.6) is 5.75 Å². The van der Waals surface area contributed by atoms with Crippen molar-refractivity contribution in [2.45, 2.75) is 45.2 Å². The molecule has 0 aromatic heterocycles. The van der Waals surface area contributed by atoms with Crippen molar-refractivity contribution in [3.05, 3.63) is 29.6 Å². The van der Waals surface area contributed by atoms with Crippen LogP contribution in [0.4, 0.5) is 4.39 Å². The largest absolute Gasteiger partial charge is 0.505 e. The summed E-state index contributed by atoms with van der Waals surface area (Å²) in [7, 11) is 0. The van der Waals surface area contributed by atoms with Gasteiger partial charge >= 0.3 is 0 Å². The van der Waals surface area contributed by atoms with E-state index in [2.05, 4.69) is 10.2 Å². The van der Waals surface area contributed by atoms with Crippen molar-refractivity contribution in [1.29, 1.82) is 0 Å². The Morgan fingerprint density at radius 1 is 1.38 bits per heavy atom. The number of phenolic OH excluding ortho intramolecular Hbond substituents is 1. The van der Waals surface area contributed by atoms with Crippen LogP contribution >= 0.6 is 0 Å².